The van der Waals surface area contributed by atoms with Crippen molar-refractivity contribution >= 4 is 11.3 Å². The predicted molar refractivity (Wildman–Crippen MR) is 88.4 cm³/mol. The van der Waals surface area contributed by atoms with Gasteiger partial charge in [0.05, 0.1) is 13.7 Å². The molecule has 2 N–H and O–H groups in total. The van der Waals surface area contributed by atoms with Gasteiger partial charge in [-0.3, -0.25) is 4.90 Å². The summed E-state index contributed by atoms with van der Waals surface area (Å²) in [5.41, 5.74) is 7.63. The summed E-state index contributed by atoms with van der Waals surface area (Å²) in [6.07, 6.45) is 0. The maximum atomic E-state index is 5.39. The van der Waals surface area contributed by atoms with Crippen LogP contribution in [-0.4, -0.2) is 25.6 Å². The van der Waals surface area contributed by atoms with E-state index in [2.05, 4.69) is 41.3 Å². The highest BCUT2D eigenvalue weighted by Gasteiger charge is 2.07. The summed E-state index contributed by atoms with van der Waals surface area (Å²) in [7, 11) is 3.82. The number of hydrogen-bond donors (Lipinski definition) is 1. The number of thiophene rings is 1. The van der Waals surface area contributed by atoms with Crippen LogP contribution in [0.25, 0.3) is 0 Å². The first-order valence-corrected chi connectivity index (χ1v) is 7.67. The molecule has 0 amide bonds. The molecule has 0 fully saturated rings. The summed E-state index contributed by atoms with van der Waals surface area (Å²) in [6, 6.07) is 10.3. The van der Waals surface area contributed by atoms with E-state index in [1.807, 2.05) is 18.2 Å². The lowest BCUT2D eigenvalue weighted by atomic mass is 10.2. The molecule has 0 aliphatic carbocycles. The number of methoxy groups -OCH3 is 1. The van der Waals surface area contributed by atoms with Gasteiger partial charge in [0.1, 0.15) is 5.75 Å². The third-order valence-corrected chi connectivity index (χ3v) is 3.97. The van der Waals surface area contributed by atoms with Crippen molar-refractivity contribution in [3.8, 4) is 17.6 Å². The van der Waals surface area contributed by atoms with Crippen molar-refractivity contribution in [1.82, 2.24) is 4.90 Å². The Kier molecular flexibility index (Phi) is 5.82. The van der Waals surface area contributed by atoms with Crippen LogP contribution in [0.4, 0.5) is 0 Å². The fourth-order valence-corrected chi connectivity index (χ4v) is 3.02. The number of nitrogens with two attached hydrogens (primary N) is 1. The molecule has 0 bridgehead atoms. The van der Waals surface area contributed by atoms with Crippen LogP contribution in [0.3, 0.4) is 0 Å². The summed E-state index contributed by atoms with van der Waals surface area (Å²) in [5.74, 6) is 6.88. The first kappa shape index (κ1) is 15.6. The second-order valence-corrected chi connectivity index (χ2v) is 5.79. The molecule has 3 nitrogen and oxygen atoms in total. The topological polar surface area (TPSA) is 38.5 Å². The lowest BCUT2D eigenvalue weighted by Crippen LogP contribution is -2.17. The van der Waals surface area contributed by atoms with E-state index in [4.69, 9.17) is 10.5 Å². The van der Waals surface area contributed by atoms with Crippen LogP contribution in [0.2, 0.25) is 0 Å². The molecule has 1 aromatic heterocycles. The van der Waals surface area contributed by atoms with Gasteiger partial charge in [-0.05, 0) is 19.2 Å². The molecule has 4 heteroatoms. The van der Waals surface area contributed by atoms with E-state index < -0.39 is 0 Å². The highest BCUT2D eigenvalue weighted by Crippen LogP contribution is 2.21. The van der Waals surface area contributed by atoms with Crippen LogP contribution in [-0.2, 0) is 13.1 Å². The van der Waals surface area contributed by atoms with Crippen molar-refractivity contribution in [2.45, 2.75) is 13.1 Å². The Hall–Kier alpha value is -1.80. The molecule has 0 unspecified atom stereocenters. The summed E-state index contributed by atoms with van der Waals surface area (Å²) in [6.45, 7) is 2.15. The van der Waals surface area contributed by atoms with Gasteiger partial charge in [0.15, 0.2) is 0 Å². The van der Waals surface area contributed by atoms with Gasteiger partial charge in [-0.1, -0.05) is 30.0 Å². The van der Waals surface area contributed by atoms with E-state index in [1.165, 1.54) is 10.4 Å². The summed E-state index contributed by atoms with van der Waals surface area (Å²) < 4.78 is 5.39. The predicted octanol–water partition coefficient (Wildman–Crippen LogP) is 2.70. The normalized spacial score (nSPS) is 10.3. The number of nitrogens with zero attached hydrogens (tertiary/aromatic N) is 1. The second kappa shape index (κ2) is 7.84. The van der Waals surface area contributed by atoms with Gasteiger partial charge in [0, 0.05) is 34.5 Å². The van der Waals surface area contributed by atoms with Crippen LogP contribution in [0.15, 0.2) is 35.7 Å². The van der Waals surface area contributed by atoms with Crippen LogP contribution in [0.5, 0.6) is 5.75 Å². The molecule has 0 aliphatic heterocycles. The van der Waals surface area contributed by atoms with Crippen LogP contribution in [0.1, 0.15) is 16.0 Å². The van der Waals surface area contributed by atoms with Gasteiger partial charge in [0.2, 0.25) is 0 Å². The van der Waals surface area contributed by atoms with Crippen molar-refractivity contribution in [3.05, 3.63) is 51.7 Å². The standard InChI is InChI=1S/C17H20N2OS/c1-19(11-15-7-3-4-8-17(15)20-2)12-16-10-14(13-21-16)6-5-9-18/h3-4,7-8,10,13H,9,11-12,18H2,1-2H3. The van der Waals surface area contributed by atoms with Crippen molar-refractivity contribution in [3.63, 3.8) is 0 Å². The van der Waals surface area contributed by atoms with E-state index in [0.29, 0.717) is 6.54 Å². The fraction of sp³-hybridized carbons (Fsp3) is 0.294. The largest absolute Gasteiger partial charge is 0.496 e. The molecule has 0 radical (unpaired) electrons. The Labute approximate surface area is 130 Å². The molecule has 0 aliphatic rings. The fourth-order valence-electron chi connectivity index (χ4n) is 2.13. The number of ether oxygens (including phenoxy) is 1. The molecule has 1 heterocycles. The molecule has 21 heavy (non-hydrogen) atoms. The van der Waals surface area contributed by atoms with Crippen molar-refractivity contribution < 1.29 is 4.74 Å². The molecule has 0 saturated heterocycles. The van der Waals surface area contributed by atoms with E-state index in [0.717, 1.165) is 24.4 Å². The zero-order valence-corrected chi connectivity index (χ0v) is 13.2. The maximum absolute atomic E-state index is 5.39. The van der Waals surface area contributed by atoms with E-state index in [9.17, 15) is 0 Å². The molecule has 110 valence electrons. The Bertz CT molecular complexity index is 639. The summed E-state index contributed by atoms with van der Waals surface area (Å²) in [4.78, 5) is 3.57. The zero-order chi connectivity index (χ0) is 15.1. The number of hydrogen-bond acceptors (Lipinski definition) is 4. The molecule has 2 rings (SSSR count). The highest BCUT2D eigenvalue weighted by atomic mass is 32.1. The molecular formula is C17H20N2OS. The Morgan fingerprint density at radius 2 is 2.10 bits per heavy atom. The van der Waals surface area contributed by atoms with Crippen LogP contribution < -0.4 is 10.5 Å². The molecule has 0 spiro atoms. The quantitative estimate of drug-likeness (QED) is 0.863. The van der Waals surface area contributed by atoms with Gasteiger partial charge >= 0.3 is 0 Å². The Morgan fingerprint density at radius 3 is 2.86 bits per heavy atom. The van der Waals surface area contributed by atoms with Gasteiger partial charge in [-0.25, -0.2) is 0 Å². The number of rotatable bonds is 5. The van der Waals surface area contributed by atoms with E-state index in [-0.39, 0.29) is 0 Å². The molecule has 1 aromatic carbocycles. The Morgan fingerprint density at radius 1 is 1.29 bits per heavy atom. The van der Waals surface area contributed by atoms with Gasteiger partial charge < -0.3 is 10.5 Å². The highest BCUT2D eigenvalue weighted by molar-refractivity contribution is 7.10. The summed E-state index contributed by atoms with van der Waals surface area (Å²) >= 11 is 1.73. The maximum Gasteiger partial charge on any atom is 0.123 e. The number of para-hydroxylation sites is 1. The van der Waals surface area contributed by atoms with Crippen LogP contribution in [0, 0.1) is 11.8 Å². The average molecular weight is 300 g/mol. The minimum Gasteiger partial charge on any atom is -0.496 e. The van der Waals surface area contributed by atoms with Crippen molar-refractivity contribution in [2.75, 3.05) is 20.7 Å². The third kappa shape index (κ3) is 4.61. The molecule has 0 atom stereocenters. The lowest BCUT2D eigenvalue weighted by molar-refractivity contribution is 0.312. The first-order chi connectivity index (χ1) is 10.2. The third-order valence-electron chi connectivity index (χ3n) is 3.05. The van der Waals surface area contributed by atoms with Gasteiger partial charge in [0.25, 0.3) is 0 Å². The first-order valence-electron chi connectivity index (χ1n) is 6.79. The van der Waals surface area contributed by atoms with Crippen molar-refractivity contribution in [1.29, 1.82) is 0 Å². The molecule has 0 saturated carbocycles. The smallest absolute Gasteiger partial charge is 0.123 e. The minimum absolute atomic E-state index is 0.402. The van der Waals surface area contributed by atoms with Crippen LogP contribution >= 0.6 is 11.3 Å². The SMILES string of the molecule is COc1ccccc1CN(C)Cc1cc(C#CCN)cs1. The number of benzene rings is 1. The lowest BCUT2D eigenvalue weighted by Gasteiger charge is -2.17. The van der Waals surface area contributed by atoms with E-state index >= 15 is 0 Å². The molecule has 2 aromatic rings. The molecular weight excluding hydrogens is 280 g/mol. The van der Waals surface area contributed by atoms with Gasteiger partial charge in [-0.15, -0.1) is 11.3 Å². The monoisotopic (exact) mass is 300 g/mol. The van der Waals surface area contributed by atoms with E-state index in [1.54, 1.807) is 18.4 Å². The average Bonchev–Trinajstić information content (AvgIpc) is 2.93. The minimum atomic E-state index is 0.402. The van der Waals surface area contributed by atoms with Gasteiger partial charge in [-0.2, -0.15) is 0 Å². The zero-order valence-electron chi connectivity index (χ0n) is 12.4. The Balaban J connectivity index is 1.98. The second-order valence-electron chi connectivity index (χ2n) is 4.79. The van der Waals surface area contributed by atoms with Crippen molar-refractivity contribution in [2.24, 2.45) is 5.73 Å². The summed E-state index contributed by atoms with van der Waals surface area (Å²) in [5, 5.41) is 2.08.